The fourth-order valence-corrected chi connectivity index (χ4v) is 5.21. The number of amides is 1. The van der Waals surface area contributed by atoms with E-state index in [0.717, 1.165) is 53.6 Å². The van der Waals surface area contributed by atoms with Crippen molar-refractivity contribution in [1.29, 1.82) is 0 Å². The van der Waals surface area contributed by atoms with E-state index in [-0.39, 0.29) is 11.6 Å². The van der Waals surface area contributed by atoms with E-state index in [1.165, 1.54) is 17.4 Å². The fourth-order valence-electron chi connectivity index (χ4n) is 4.10. The number of thiophene rings is 1. The number of halogens is 1. The first-order chi connectivity index (χ1) is 16.0. The molecule has 1 aliphatic rings. The Hall–Kier alpha value is -3.59. The molecule has 4 aromatic rings. The van der Waals surface area contributed by atoms with Crippen molar-refractivity contribution >= 4 is 44.8 Å². The number of pyridine rings is 1. The predicted octanol–water partition coefficient (Wildman–Crippen LogP) is 4.42. The normalized spacial score (nSPS) is 14.0. The minimum absolute atomic E-state index is 0.160. The molecule has 0 saturated carbocycles. The van der Waals surface area contributed by atoms with Crippen LogP contribution in [0.1, 0.15) is 21.1 Å². The minimum Gasteiger partial charge on any atom is -0.353 e. The van der Waals surface area contributed by atoms with Crippen LogP contribution in [0.25, 0.3) is 10.2 Å². The van der Waals surface area contributed by atoms with Crippen molar-refractivity contribution in [3.05, 3.63) is 70.7 Å². The van der Waals surface area contributed by atoms with E-state index in [9.17, 15) is 9.18 Å². The molecule has 0 bridgehead atoms. The Morgan fingerprint density at radius 3 is 2.45 bits per heavy atom. The van der Waals surface area contributed by atoms with E-state index in [1.807, 2.05) is 38.2 Å². The maximum absolute atomic E-state index is 14.0. The van der Waals surface area contributed by atoms with Gasteiger partial charge in [0.05, 0.1) is 16.0 Å². The lowest BCUT2D eigenvalue weighted by Gasteiger charge is -2.36. The fraction of sp³-hybridized carbons (Fsp3) is 0.250. The van der Waals surface area contributed by atoms with E-state index in [4.69, 9.17) is 4.98 Å². The predicted molar refractivity (Wildman–Crippen MR) is 130 cm³/mol. The number of piperazine rings is 1. The zero-order chi connectivity index (χ0) is 22.9. The van der Waals surface area contributed by atoms with Crippen LogP contribution >= 0.6 is 11.3 Å². The SMILES string of the molecule is Cc1nc(N2CCN(c3ccccn3)CC2)c2c(C)c(C(=O)Nc3ccccc3F)sc2n1. The zero-order valence-corrected chi connectivity index (χ0v) is 19.2. The van der Waals surface area contributed by atoms with Gasteiger partial charge >= 0.3 is 0 Å². The second kappa shape index (κ2) is 8.74. The van der Waals surface area contributed by atoms with Gasteiger partial charge in [-0.15, -0.1) is 11.3 Å². The molecule has 0 radical (unpaired) electrons. The number of carbonyl (C=O) groups excluding carboxylic acids is 1. The van der Waals surface area contributed by atoms with Gasteiger partial charge in [-0.25, -0.2) is 19.3 Å². The summed E-state index contributed by atoms with van der Waals surface area (Å²) >= 11 is 1.31. The Kier molecular flexibility index (Phi) is 5.63. The van der Waals surface area contributed by atoms with Crippen LogP contribution in [-0.2, 0) is 0 Å². The van der Waals surface area contributed by atoms with Crippen molar-refractivity contribution in [3.63, 3.8) is 0 Å². The first kappa shape index (κ1) is 21.3. The average molecular weight is 463 g/mol. The van der Waals surface area contributed by atoms with Gasteiger partial charge in [-0.2, -0.15) is 0 Å². The van der Waals surface area contributed by atoms with Crippen LogP contribution in [0.15, 0.2) is 48.7 Å². The maximum Gasteiger partial charge on any atom is 0.266 e. The lowest BCUT2D eigenvalue weighted by atomic mass is 10.1. The summed E-state index contributed by atoms with van der Waals surface area (Å²) in [5.74, 6) is 1.67. The van der Waals surface area contributed by atoms with Gasteiger partial charge < -0.3 is 15.1 Å². The molecule has 33 heavy (non-hydrogen) atoms. The van der Waals surface area contributed by atoms with Crippen molar-refractivity contribution in [2.75, 3.05) is 41.3 Å². The third-order valence-corrected chi connectivity index (χ3v) is 6.95. The molecule has 5 rings (SSSR count). The molecule has 4 heterocycles. The molecule has 0 aliphatic carbocycles. The first-order valence-corrected chi connectivity index (χ1v) is 11.6. The van der Waals surface area contributed by atoms with Gasteiger partial charge in [0.25, 0.3) is 5.91 Å². The molecular weight excluding hydrogens is 439 g/mol. The number of benzene rings is 1. The highest BCUT2D eigenvalue weighted by Crippen LogP contribution is 2.36. The maximum atomic E-state index is 14.0. The van der Waals surface area contributed by atoms with Crippen LogP contribution in [0.2, 0.25) is 0 Å². The number of hydrogen-bond acceptors (Lipinski definition) is 7. The molecular formula is C24H23FN6OS. The topological polar surface area (TPSA) is 74.2 Å². The lowest BCUT2D eigenvalue weighted by molar-refractivity contribution is 0.102. The molecule has 1 fully saturated rings. The summed E-state index contributed by atoms with van der Waals surface area (Å²) in [4.78, 5) is 32.6. The molecule has 9 heteroatoms. The number of aryl methyl sites for hydroxylation is 2. The first-order valence-electron chi connectivity index (χ1n) is 10.8. The number of carbonyl (C=O) groups is 1. The second-order valence-corrected chi connectivity index (χ2v) is 8.93. The Balaban J connectivity index is 1.44. The molecule has 7 nitrogen and oxygen atoms in total. The van der Waals surface area contributed by atoms with E-state index < -0.39 is 5.82 Å². The number of rotatable bonds is 4. The van der Waals surface area contributed by atoms with Gasteiger partial charge in [0.15, 0.2) is 0 Å². The number of anilines is 3. The summed E-state index contributed by atoms with van der Waals surface area (Å²) in [6.07, 6.45) is 1.81. The molecule has 0 unspecified atom stereocenters. The van der Waals surface area contributed by atoms with E-state index >= 15 is 0 Å². The van der Waals surface area contributed by atoms with E-state index in [2.05, 4.69) is 25.1 Å². The summed E-state index contributed by atoms with van der Waals surface area (Å²) in [6, 6.07) is 12.1. The Morgan fingerprint density at radius 1 is 1.00 bits per heavy atom. The highest BCUT2D eigenvalue weighted by Gasteiger charge is 2.26. The van der Waals surface area contributed by atoms with Crippen LogP contribution in [0.5, 0.6) is 0 Å². The quantitative estimate of drug-likeness (QED) is 0.484. The van der Waals surface area contributed by atoms with Crippen LogP contribution in [0.4, 0.5) is 21.7 Å². The lowest BCUT2D eigenvalue weighted by Crippen LogP contribution is -2.47. The summed E-state index contributed by atoms with van der Waals surface area (Å²) in [5, 5.41) is 3.57. The minimum atomic E-state index is -0.466. The van der Waals surface area contributed by atoms with E-state index in [0.29, 0.717) is 10.7 Å². The van der Waals surface area contributed by atoms with Crippen LogP contribution in [0.3, 0.4) is 0 Å². The highest BCUT2D eigenvalue weighted by molar-refractivity contribution is 7.20. The Morgan fingerprint density at radius 2 is 1.73 bits per heavy atom. The number of fused-ring (bicyclic) bond motifs is 1. The van der Waals surface area contributed by atoms with Gasteiger partial charge in [-0.3, -0.25) is 4.79 Å². The molecule has 1 amide bonds. The standard InChI is InChI=1S/C24H23FN6OS/c1-15-20-22(31-13-11-30(12-14-31)19-9-5-6-10-26-19)27-16(2)28-24(20)33-21(15)23(32)29-18-8-4-3-7-17(18)25/h3-10H,11-14H2,1-2H3,(H,29,32). The third kappa shape index (κ3) is 4.11. The van der Waals surface area contributed by atoms with Crippen LogP contribution < -0.4 is 15.1 Å². The smallest absolute Gasteiger partial charge is 0.266 e. The average Bonchev–Trinajstić information content (AvgIpc) is 3.17. The third-order valence-electron chi connectivity index (χ3n) is 5.76. The molecule has 168 valence electrons. The number of nitrogens with zero attached hydrogens (tertiary/aromatic N) is 5. The van der Waals surface area contributed by atoms with Gasteiger partial charge in [0.2, 0.25) is 0 Å². The van der Waals surface area contributed by atoms with Crippen LogP contribution in [-0.4, -0.2) is 47.0 Å². The van der Waals surface area contributed by atoms with Gasteiger partial charge in [0.1, 0.15) is 28.1 Å². The van der Waals surface area contributed by atoms with E-state index in [1.54, 1.807) is 18.2 Å². The highest BCUT2D eigenvalue weighted by atomic mass is 32.1. The Labute approximate surface area is 194 Å². The largest absolute Gasteiger partial charge is 0.353 e. The number of para-hydroxylation sites is 1. The van der Waals surface area contributed by atoms with Crippen molar-refractivity contribution < 1.29 is 9.18 Å². The molecule has 1 N–H and O–H groups in total. The van der Waals surface area contributed by atoms with Gasteiger partial charge in [-0.1, -0.05) is 18.2 Å². The molecule has 3 aromatic heterocycles. The summed E-state index contributed by atoms with van der Waals surface area (Å²) in [7, 11) is 0. The number of hydrogen-bond donors (Lipinski definition) is 1. The zero-order valence-electron chi connectivity index (χ0n) is 18.4. The summed E-state index contributed by atoms with van der Waals surface area (Å²) in [5.41, 5.74) is 0.971. The van der Waals surface area contributed by atoms with Crippen molar-refractivity contribution in [1.82, 2.24) is 15.0 Å². The number of aromatic nitrogens is 3. The molecule has 0 spiro atoms. The van der Waals surface area contributed by atoms with Crippen LogP contribution in [0, 0.1) is 19.7 Å². The number of nitrogens with one attached hydrogen (secondary N) is 1. The van der Waals surface area contributed by atoms with Gasteiger partial charge in [-0.05, 0) is 43.7 Å². The molecule has 0 atom stereocenters. The Bertz CT molecular complexity index is 1320. The summed E-state index contributed by atoms with van der Waals surface area (Å²) < 4.78 is 14.0. The second-order valence-electron chi connectivity index (χ2n) is 7.93. The molecule has 1 aromatic carbocycles. The van der Waals surface area contributed by atoms with Crippen molar-refractivity contribution in [2.45, 2.75) is 13.8 Å². The molecule has 1 saturated heterocycles. The summed E-state index contributed by atoms with van der Waals surface area (Å²) in [6.45, 7) is 6.99. The molecule has 1 aliphatic heterocycles. The van der Waals surface area contributed by atoms with Crippen molar-refractivity contribution in [2.24, 2.45) is 0 Å². The van der Waals surface area contributed by atoms with Gasteiger partial charge in [0, 0.05) is 32.4 Å². The van der Waals surface area contributed by atoms with Crippen molar-refractivity contribution in [3.8, 4) is 0 Å². The monoisotopic (exact) mass is 462 g/mol.